The van der Waals surface area contributed by atoms with Gasteiger partial charge < -0.3 is 9.64 Å². The Kier molecular flexibility index (Phi) is 5.80. The zero-order chi connectivity index (χ0) is 17.9. The number of carbonyl (C=O) groups is 1. The number of rotatable bonds is 3. The minimum atomic E-state index is -0.520. The molecule has 24 heavy (non-hydrogen) atoms. The molecule has 0 saturated carbocycles. The second kappa shape index (κ2) is 7.47. The number of ether oxygens (including phenoxy) is 1. The van der Waals surface area contributed by atoms with Gasteiger partial charge in [-0.3, -0.25) is 4.90 Å². The van der Waals surface area contributed by atoms with Crippen molar-refractivity contribution in [2.45, 2.75) is 51.8 Å². The summed E-state index contributed by atoms with van der Waals surface area (Å²) in [6, 6.07) is 4.10. The van der Waals surface area contributed by atoms with Crippen molar-refractivity contribution in [2.75, 3.05) is 20.1 Å². The van der Waals surface area contributed by atoms with Gasteiger partial charge in [0, 0.05) is 31.2 Å². The lowest BCUT2D eigenvalue weighted by Gasteiger charge is -2.37. The molecule has 1 aliphatic heterocycles. The van der Waals surface area contributed by atoms with Crippen molar-refractivity contribution in [3.63, 3.8) is 0 Å². The van der Waals surface area contributed by atoms with Gasteiger partial charge in [0.15, 0.2) is 0 Å². The van der Waals surface area contributed by atoms with E-state index in [1.54, 1.807) is 4.90 Å². The number of hydrogen-bond acceptors (Lipinski definition) is 3. The van der Waals surface area contributed by atoms with Gasteiger partial charge in [0.1, 0.15) is 17.2 Å². The molecule has 0 radical (unpaired) electrons. The van der Waals surface area contributed by atoms with E-state index in [0.29, 0.717) is 13.1 Å². The minimum absolute atomic E-state index is 0.0922. The van der Waals surface area contributed by atoms with E-state index in [2.05, 4.69) is 0 Å². The van der Waals surface area contributed by atoms with Crippen LogP contribution in [0, 0.1) is 11.6 Å². The lowest BCUT2D eigenvalue weighted by Crippen LogP contribution is -2.46. The van der Waals surface area contributed by atoms with Crippen LogP contribution in [-0.2, 0) is 11.3 Å². The maximum Gasteiger partial charge on any atom is 0.410 e. The van der Waals surface area contributed by atoms with Gasteiger partial charge in [0.25, 0.3) is 0 Å². The van der Waals surface area contributed by atoms with Crippen molar-refractivity contribution in [2.24, 2.45) is 0 Å². The summed E-state index contributed by atoms with van der Waals surface area (Å²) >= 11 is 0. The van der Waals surface area contributed by atoms with Crippen molar-refractivity contribution >= 4 is 6.09 Å². The zero-order valence-electron chi connectivity index (χ0n) is 14.8. The highest BCUT2D eigenvalue weighted by atomic mass is 19.1. The number of halogens is 2. The standard InChI is InChI=1S/C18H26F2N2O2/c1-18(2,3)24-17(23)22-10-8-13(9-11-22)21(4)12-14-15(19)6-5-7-16(14)20/h5-7,13H,8-12H2,1-4H3. The molecule has 0 unspecified atom stereocenters. The van der Waals surface area contributed by atoms with Gasteiger partial charge in [-0.25, -0.2) is 13.6 Å². The van der Waals surface area contributed by atoms with Crippen LogP contribution in [0.25, 0.3) is 0 Å². The lowest BCUT2D eigenvalue weighted by atomic mass is 10.0. The van der Waals surface area contributed by atoms with Crippen molar-refractivity contribution in [1.29, 1.82) is 0 Å². The lowest BCUT2D eigenvalue weighted by molar-refractivity contribution is 0.0152. The second-order valence-corrected chi connectivity index (χ2v) is 7.31. The molecule has 1 aliphatic rings. The van der Waals surface area contributed by atoms with E-state index in [9.17, 15) is 13.6 Å². The molecule has 0 atom stereocenters. The Balaban J connectivity index is 1.89. The fourth-order valence-electron chi connectivity index (χ4n) is 2.88. The Morgan fingerprint density at radius 3 is 2.29 bits per heavy atom. The van der Waals surface area contributed by atoms with Gasteiger partial charge in [0.05, 0.1) is 0 Å². The molecule has 1 amide bonds. The molecule has 1 heterocycles. The van der Waals surface area contributed by atoms with E-state index in [0.717, 1.165) is 12.8 Å². The summed E-state index contributed by atoms with van der Waals surface area (Å²) in [6.07, 6.45) is 1.21. The predicted molar refractivity (Wildman–Crippen MR) is 88.7 cm³/mol. The summed E-state index contributed by atoms with van der Waals surface area (Å²) in [5.41, 5.74) is -0.415. The molecule has 1 fully saturated rings. The van der Waals surface area contributed by atoms with Crippen molar-refractivity contribution in [1.82, 2.24) is 9.80 Å². The maximum absolute atomic E-state index is 13.8. The van der Waals surface area contributed by atoms with Crippen molar-refractivity contribution in [3.05, 3.63) is 35.4 Å². The van der Waals surface area contributed by atoms with Gasteiger partial charge in [-0.15, -0.1) is 0 Å². The average Bonchev–Trinajstić information content (AvgIpc) is 2.49. The number of benzene rings is 1. The van der Waals surface area contributed by atoms with Gasteiger partial charge in [-0.2, -0.15) is 0 Å². The molecule has 1 aromatic rings. The molecule has 0 N–H and O–H groups in total. The normalized spacial score (nSPS) is 16.5. The Hall–Kier alpha value is -1.69. The smallest absolute Gasteiger partial charge is 0.410 e. The van der Waals surface area contributed by atoms with Gasteiger partial charge in [0.2, 0.25) is 0 Å². The minimum Gasteiger partial charge on any atom is -0.444 e. The van der Waals surface area contributed by atoms with E-state index >= 15 is 0 Å². The second-order valence-electron chi connectivity index (χ2n) is 7.31. The predicted octanol–water partition coefficient (Wildman–Crippen LogP) is 3.80. The highest BCUT2D eigenvalue weighted by Crippen LogP contribution is 2.21. The van der Waals surface area contributed by atoms with E-state index in [1.165, 1.54) is 18.2 Å². The molecule has 0 spiro atoms. The number of nitrogens with zero attached hydrogens (tertiary/aromatic N) is 2. The van der Waals surface area contributed by atoms with Crippen LogP contribution in [0.15, 0.2) is 18.2 Å². The molecule has 134 valence electrons. The number of likely N-dealkylation sites (tertiary alicyclic amines) is 1. The van der Waals surface area contributed by atoms with Crippen molar-refractivity contribution < 1.29 is 18.3 Å². The van der Waals surface area contributed by atoms with E-state index in [-0.39, 0.29) is 24.2 Å². The first-order chi connectivity index (χ1) is 11.2. The molecule has 1 saturated heterocycles. The third-order valence-electron chi connectivity index (χ3n) is 4.21. The van der Waals surface area contributed by atoms with Crippen LogP contribution in [0.5, 0.6) is 0 Å². The molecular formula is C18H26F2N2O2. The van der Waals surface area contributed by atoms with E-state index in [1.807, 2.05) is 32.7 Å². The van der Waals surface area contributed by atoms with Crippen LogP contribution in [0.3, 0.4) is 0 Å². The first kappa shape index (κ1) is 18.6. The largest absolute Gasteiger partial charge is 0.444 e. The quantitative estimate of drug-likeness (QED) is 0.839. The molecule has 1 aromatic carbocycles. The number of carbonyl (C=O) groups excluding carboxylic acids is 1. The molecule has 0 bridgehead atoms. The first-order valence-electron chi connectivity index (χ1n) is 8.28. The molecule has 0 aliphatic carbocycles. The number of amides is 1. The van der Waals surface area contributed by atoms with E-state index in [4.69, 9.17) is 4.74 Å². The third kappa shape index (κ3) is 4.90. The van der Waals surface area contributed by atoms with Crippen LogP contribution >= 0.6 is 0 Å². The Morgan fingerprint density at radius 1 is 1.25 bits per heavy atom. The van der Waals surface area contributed by atoms with Crippen molar-refractivity contribution in [3.8, 4) is 0 Å². The summed E-state index contributed by atoms with van der Waals surface area (Å²) in [5.74, 6) is -1.04. The molecule has 2 rings (SSSR count). The number of hydrogen-bond donors (Lipinski definition) is 0. The summed E-state index contributed by atoms with van der Waals surface area (Å²) < 4.78 is 32.9. The summed E-state index contributed by atoms with van der Waals surface area (Å²) in [5, 5.41) is 0. The Labute approximate surface area is 142 Å². The topological polar surface area (TPSA) is 32.8 Å². The molecule has 4 nitrogen and oxygen atoms in total. The molecule has 0 aromatic heterocycles. The number of piperidine rings is 1. The zero-order valence-corrected chi connectivity index (χ0v) is 14.8. The highest BCUT2D eigenvalue weighted by molar-refractivity contribution is 5.68. The van der Waals surface area contributed by atoms with Gasteiger partial charge in [-0.05, 0) is 52.8 Å². The highest BCUT2D eigenvalue weighted by Gasteiger charge is 2.28. The molecule has 6 heteroatoms. The third-order valence-corrected chi connectivity index (χ3v) is 4.21. The fourth-order valence-corrected chi connectivity index (χ4v) is 2.88. The van der Waals surface area contributed by atoms with E-state index < -0.39 is 17.2 Å². The Bertz CT molecular complexity index is 559. The van der Waals surface area contributed by atoms with Gasteiger partial charge in [-0.1, -0.05) is 6.07 Å². The van der Waals surface area contributed by atoms with Gasteiger partial charge >= 0.3 is 6.09 Å². The first-order valence-corrected chi connectivity index (χ1v) is 8.28. The Morgan fingerprint density at radius 2 is 1.79 bits per heavy atom. The summed E-state index contributed by atoms with van der Waals surface area (Å²) in [7, 11) is 1.86. The maximum atomic E-state index is 13.8. The van der Waals surface area contributed by atoms with Crippen LogP contribution < -0.4 is 0 Å². The summed E-state index contributed by atoms with van der Waals surface area (Å²) in [4.78, 5) is 15.7. The van der Waals surface area contributed by atoms with Crippen LogP contribution in [0.2, 0.25) is 0 Å². The van der Waals surface area contributed by atoms with Crippen LogP contribution in [0.1, 0.15) is 39.2 Å². The fraction of sp³-hybridized carbons (Fsp3) is 0.611. The van der Waals surface area contributed by atoms with Crippen LogP contribution in [-0.4, -0.2) is 47.7 Å². The molecular weight excluding hydrogens is 314 g/mol. The monoisotopic (exact) mass is 340 g/mol. The summed E-state index contributed by atoms with van der Waals surface area (Å²) in [6.45, 7) is 6.92. The average molecular weight is 340 g/mol. The SMILES string of the molecule is CN(Cc1c(F)cccc1F)C1CCN(C(=O)OC(C)(C)C)CC1. The van der Waals surface area contributed by atoms with Crippen LogP contribution in [0.4, 0.5) is 13.6 Å².